The van der Waals surface area contributed by atoms with Crippen LogP contribution in [0.5, 0.6) is 46.0 Å². The molecule has 0 aliphatic carbocycles. The van der Waals surface area contributed by atoms with E-state index >= 15 is 0 Å². The summed E-state index contributed by atoms with van der Waals surface area (Å²) in [5.74, 6) is 3.03. The minimum Gasteiger partial charge on any atom is -0.493 e. The molecule has 0 saturated heterocycles. The Morgan fingerprint density at radius 2 is 0.915 bits per heavy atom. The molecule has 0 heterocycles. The summed E-state index contributed by atoms with van der Waals surface area (Å²) in [6.45, 7) is -0.430. The smallest absolute Gasteiger partial charge is 0.161 e. The van der Waals surface area contributed by atoms with E-state index in [0.717, 1.165) is 5.56 Å². The van der Waals surface area contributed by atoms with Gasteiger partial charge in [0.15, 0.2) is 52.1 Å². The van der Waals surface area contributed by atoms with Crippen LogP contribution in [0.4, 0.5) is 0 Å². The maximum absolute atomic E-state index is 11.7. The fourth-order valence-corrected chi connectivity index (χ4v) is 5.18. The molecule has 0 aliphatic rings. The minimum atomic E-state index is -1.21. The van der Waals surface area contributed by atoms with Gasteiger partial charge in [-0.25, -0.2) is 0 Å². The molecule has 47 heavy (non-hydrogen) atoms. The zero-order chi connectivity index (χ0) is 33.9. The second-order valence-corrected chi connectivity index (χ2v) is 10.4. The molecule has 0 fully saturated rings. The highest BCUT2D eigenvalue weighted by atomic mass is 16.5. The van der Waals surface area contributed by atoms with E-state index in [0.29, 0.717) is 57.1 Å². The normalized spacial score (nSPS) is 13.5. The van der Waals surface area contributed by atoms with Gasteiger partial charge in [-0.1, -0.05) is 30.3 Å². The van der Waals surface area contributed by atoms with Crippen LogP contribution in [0.25, 0.3) is 0 Å². The second-order valence-electron chi connectivity index (χ2n) is 10.4. The van der Waals surface area contributed by atoms with Crippen molar-refractivity contribution in [1.82, 2.24) is 0 Å². The third-order valence-corrected chi connectivity index (χ3v) is 7.79. The van der Waals surface area contributed by atoms with Crippen LogP contribution in [0.3, 0.4) is 0 Å². The lowest BCUT2D eigenvalue weighted by atomic mass is 9.89. The van der Waals surface area contributed by atoms with Crippen molar-refractivity contribution in [2.45, 2.75) is 24.2 Å². The van der Waals surface area contributed by atoms with Crippen LogP contribution in [-0.4, -0.2) is 77.3 Å². The average molecular weight is 651 g/mol. The number of aliphatic hydroxyl groups excluding tert-OH is 3. The Morgan fingerprint density at radius 1 is 0.489 bits per heavy atom. The minimum absolute atomic E-state index is 0.0272. The molecule has 0 amide bonds. The summed E-state index contributed by atoms with van der Waals surface area (Å²) in [5.41, 5.74) is 1.75. The molecule has 0 bridgehead atoms. The predicted octanol–water partition coefficient (Wildman–Crippen LogP) is 5.11. The van der Waals surface area contributed by atoms with Gasteiger partial charge in [-0.05, 0) is 65.2 Å². The Balaban J connectivity index is 1.62. The number of para-hydroxylation sites is 2. The van der Waals surface area contributed by atoms with Crippen molar-refractivity contribution in [1.29, 1.82) is 0 Å². The Morgan fingerprint density at radius 3 is 1.45 bits per heavy atom. The molecule has 4 rings (SSSR count). The highest BCUT2D eigenvalue weighted by molar-refractivity contribution is 5.48. The molecule has 0 aromatic heterocycles. The summed E-state index contributed by atoms with van der Waals surface area (Å²) in [4.78, 5) is 0. The number of hydrogen-bond acceptors (Lipinski definition) is 11. The first kappa shape index (κ1) is 35.0. The summed E-state index contributed by atoms with van der Waals surface area (Å²) in [6, 6.07) is 22.5. The van der Waals surface area contributed by atoms with E-state index in [9.17, 15) is 15.3 Å². The molecule has 11 heteroatoms. The Labute approximate surface area is 274 Å². The van der Waals surface area contributed by atoms with E-state index in [4.69, 9.17) is 37.9 Å². The van der Waals surface area contributed by atoms with Crippen LogP contribution in [0, 0.1) is 0 Å². The van der Waals surface area contributed by atoms with E-state index in [-0.39, 0.29) is 6.61 Å². The maximum Gasteiger partial charge on any atom is 0.161 e. The van der Waals surface area contributed by atoms with Crippen LogP contribution in [0.2, 0.25) is 0 Å². The molecule has 252 valence electrons. The molecule has 3 N–H and O–H groups in total. The van der Waals surface area contributed by atoms with Crippen molar-refractivity contribution in [3.63, 3.8) is 0 Å². The lowest BCUT2D eigenvalue weighted by molar-refractivity contribution is -0.000526. The fourth-order valence-electron chi connectivity index (χ4n) is 5.18. The number of methoxy groups -OCH3 is 6. The predicted molar refractivity (Wildman–Crippen MR) is 175 cm³/mol. The van der Waals surface area contributed by atoms with Gasteiger partial charge in [-0.15, -0.1) is 0 Å². The van der Waals surface area contributed by atoms with Gasteiger partial charge < -0.3 is 53.2 Å². The van der Waals surface area contributed by atoms with Crippen LogP contribution >= 0.6 is 0 Å². The lowest BCUT2D eigenvalue weighted by Crippen LogP contribution is -2.29. The number of ether oxygens (including phenoxy) is 8. The Kier molecular flexibility index (Phi) is 12.4. The van der Waals surface area contributed by atoms with Gasteiger partial charge in [0.25, 0.3) is 0 Å². The summed E-state index contributed by atoms with van der Waals surface area (Å²) in [7, 11) is 9.17. The molecule has 4 aromatic carbocycles. The second kappa shape index (κ2) is 16.6. The van der Waals surface area contributed by atoms with E-state index < -0.39 is 30.8 Å². The number of hydrogen-bond donors (Lipinski definition) is 3. The highest BCUT2D eigenvalue weighted by Crippen LogP contribution is 2.40. The summed E-state index contributed by atoms with van der Waals surface area (Å²) < 4.78 is 44.9. The van der Waals surface area contributed by atoms with Crippen molar-refractivity contribution in [2.75, 3.05) is 55.9 Å². The first-order valence-electron chi connectivity index (χ1n) is 14.8. The standard InChI is InChI=1S/C36H42O11/c1-40-26-9-7-8-10-30(26)47-34(20-37)36(39)24-13-16-29(33(19-24)45-6)46-21-25(22-11-14-27(41-2)31(17-22)43-4)35(38)23-12-15-28(42-3)32(18-23)44-5/h7-19,25,34-39H,20-21H2,1-6H3. The summed E-state index contributed by atoms with van der Waals surface area (Å²) in [5, 5.41) is 32.9. The third kappa shape index (κ3) is 8.12. The van der Waals surface area contributed by atoms with Gasteiger partial charge in [-0.3, -0.25) is 0 Å². The zero-order valence-corrected chi connectivity index (χ0v) is 27.3. The van der Waals surface area contributed by atoms with Crippen LogP contribution < -0.4 is 37.9 Å². The third-order valence-electron chi connectivity index (χ3n) is 7.79. The van der Waals surface area contributed by atoms with Gasteiger partial charge >= 0.3 is 0 Å². The molecular weight excluding hydrogens is 608 g/mol. The van der Waals surface area contributed by atoms with Gasteiger partial charge in [-0.2, -0.15) is 0 Å². The topological polar surface area (TPSA) is 135 Å². The Hall–Kier alpha value is -4.84. The molecule has 0 radical (unpaired) electrons. The van der Waals surface area contributed by atoms with Crippen molar-refractivity contribution in [3.8, 4) is 46.0 Å². The molecule has 4 unspecified atom stereocenters. The van der Waals surface area contributed by atoms with E-state index in [1.807, 2.05) is 6.07 Å². The maximum atomic E-state index is 11.7. The van der Waals surface area contributed by atoms with Crippen LogP contribution in [-0.2, 0) is 0 Å². The average Bonchev–Trinajstić information content (AvgIpc) is 3.13. The number of benzene rings is 4. The number of aliphatic hydroxyl groups is 3. The summed E-state index contributed by atoms with van der Waals surface area (Å²) >= 11 is 0. The monoisotopic (exact) mass is 650 g/mol. The molecule has 4 aromatic rings. The fraction of sp³-hybridized carbons (Fsp3) is 0.333. The SMILES string of the molecule is COc1ccc(C(O)C(COc2ccc(C(O)C(CO)Oc3ccccc3OC)cc2OC)c2ccc(OC)c(OC)c2)cc1OC. The van der Waals surface area contributed by atoms with Gasteiger partial charge in [0.2, 0.25) is 0 Å². The van der Waals surface area contributed by atoms with E-state index in [1.54, 1.807) is 94.1 Å². The van der Waals surface area contributed by atoms with E-state index in [2.05, 4.69) is 0 Å². The van der Waals surface area contributed by atoms with Gasteiger partial charge in [0, 0.05) is 5.92 Å². The molecular formula is C36H42O11. The quantitative estimate of drug-likeness (QED) is 0.141. The number of rotatable bonds is 17. The largest absolute Gasteiger partial charge is 0.493 e. The molecule has 0 aliphatic heterocycles. The van der Waals surface area contributed by atoms with Crippen LogP contribution in [0.1, 0.15) is 34.8 Å². The molecule has 4 atom stereocenters. The van der Waals surface area contributed by atoms with Crippen molar-refractivity contribution < 1.29 is 53.2 Å². The van der Waals surface area contributed by atoms with Gasteiger partial charge in [0.05, 0.1) is 62.0 Å². The van der Waals surface area contributed by atoms with Crippen molar-refractivity contribution >= 4 is 0 Å². The molecule has 0 saturated carbocycles. The van der Waals surface area contributed by atoms with Crippen LogP contribution in [0.15, 0.2) is 78.9 Å². The van der Waals surface area contributed by atoms with Gasteiger partial charge in [0.1, 0.15) is 6.10 Å². The van der Waals surface area contributed by atoms with Crippen molar-refractivity contribution in [2.24, 2.45) is 0 Å². The molecule has 0 spiro atoms. The van der Waals surface area contributed by atoms with Crippen molar-refractivity contribution in [3.05, 3.63) is 95.6 Å². The Bertz CT molecular complexity index is 1590. The zero-order valence-electron chi connectivity index (χ0n) is 27.3. The highest BCUT2D eigenvalue weighted by Gasteiger charge is 2.28. The lowest BCUT2D eigenvalue weighted by Gasteiger charge is -2.26. The van der Waals surface area contributed by atoms with E-state index in [1.165, 1.54) is 21.3 Å². The summed E-state index contributed by atoms with van der Waals surface area (Å²) in [6.07, 6.45) is -3.23. The first-order valence-corrected chi connectivity index (χ1v) is 14.8. The molecule has 11 nitrogen and oxygen atoms in total. The first-order chi connectivity index (χ1) is 22.8.